The van der Waals surface area contributed by atoms with Crippen molar-refractivity contribution in [2.45, 2.75) is 31.0 Å². The third-order valence-corrected chi connectivity index (χ3v) is 5.86. The van der Waals surface area contributed by atoms with Crippen LogP contribution in [-0.4, -0.2) is 15.3 Å². The lowest BCUT2D eigenvalue weighted by Gasteiger charge is -2.41. The normalized spacial score (nSPS) is 34.6. The summed E-state index contributed by atoms with van der Waals surface area (Å²) in [6, 6.07) is 9.89. The molecular formula is C15H18O3P+. The topological polar surface area (TPSA) is 57.5 Å². The van der Waals surface area contributed by atoms with Crippen LogP contribution in [0, 0.1) is 11.8 Å². The van der Waals surface area contributed by atoms with Gasteiger partial charge in [0.15, 0.2) is 0 Å². The Balaban J connectivity index is 2.06. The number of hydrogen-bond donors (Lipinski definition) is 2. The van der Waals surface area contributed by atoms with Gasteiger partial charge in [-0.25, -0.2) is 0 Å². The number of allylic oxidation sites excluding steroid dienone is 1. The molecule has 1 saturated carbocycles. The number of rotatable bonds is 2. The van der Waals surface area contributed by atoms with Gasteiger partial charge in [0.25, 0.3) is 0 Å². The van der Waals surface area contributed by atoms with Gasteiger partial charge in [-0.1, -0.05) is 42.8 Å². The molecule has 2 aliphatic rings. The van der Waals surface area contributed by atoms with Crippen LogP contribution in [0.25, 0.3) is 5.57 Å². The minimum atomic E-state index is -2.59. The molecule has 0 radical (unpaired) electrons. The van der Waals surface area contributed by atoms with Crippen LogP contribution in [0.15, 0.2) is 36.4 Å². The number of hydrogen-bond acceptors (Lipinski definition) is 2. The minimum absolute atomic E-state index is 0.0766. The van der Waals surface area contributed by atoms with Crippen LogP contribution in [0.3, 0.4) is 0 Å². The zero-order valence-electron chi connectivity index (χ0n) is 10.7. The summed E-state index contributed by atoms with van der Waals surface area (Å²) in [5.74, 6) is -0.289. The minimum Gasteiger partial charge on any atom is -0.346 e. The van der Waals surface area contributed by atoms with Crippen LogP contribution in [0.4, 0.5) is 0 Å². The van der Waals surface area contributed by atoms with E-state index in [0.717, 1.165) is 30.4 Å². The first-order valence-corrected chi connectivity index (χ1v) is 7.99. The molecule has 0 aromatic heterocycles. The molecule has 100 valence electrons. The molecule has 4 heteroatoms. The molecule has 2 N–H and O–H groups in total. The van der Waals surface area contributed by atoms with Crippen LogP contribution in [0.1, 0.15) is 31.2 Å². The lowest BCUT2D eigenvalue weighted by Crippen LogP contribution is -2.47. The Kier molecular flexibility index (Phi) is 3.30. The molecule has 1 fully saturated rings. The fourth-order valence-electron chi connectivity index (χ4n) is 3.60. The first-order valence-electron chi connectivity index (χ1n) is 6.78. The Labute approximate surface area is 113 Å². The van der Waals surface area contributed by atoms with Gasteiger partial charge < -0.3 is 5.11 Å². The van der Waals surface area contributed by atoms with Gasteiger partial charge in [-0.05, 0) is 35.0 Å². The van der Waals surface area contributed by atoms with Crippen molar-refractivity contribution in [2.75, 3.05) is 0 Å². The Morgan fingerprint density at radius 1 is 1.21 bits per heavy atom. The average molecular weight is 277 g/mol. The van der Waals surface area contributed by atoms with Gasteiger partial charge in [0.1, 0.15) is 0 Å². The second-order valence-corrected chi connectivity index (χ2v) is 6.76. The molecule has 19 heavy (non-hydrogen) atoms. The largest absolute Gasteiger partial charge is 0.541 e. The van der Waals surface area contributed by atoms with E-state index in [4.69, 9.17) is 0 Å². The Bertz CT molecular complexity index is 525. The van der Waals surface area contributed by atoms with E-state index < -0.39 is 13.4 Å². The molecule has 3 rings (SSSR count). The average Bonchev–Trinajstić information content (AvgIpc) is 2.39. The highest BCUT2D eigenvalue weighted by Gasteiger charge is 2.63. The summed E-state index contributed by atoms with van der Waals surface area (Å²) in [5.41, 5.74) is 2.10. The molecule has 0 saturated heterocycles. The van der Waals surface area contributed by atoms with Gasteiger partial charge in [0.2, 0.25) is 0 Å². The number of aliphatic hydroxyl groups is 1. The van der Waals surface area contributed by atoms with Gasteiger partial charge in [0.05, 0.1) is 5.92 Å². The predicted molar refractivity (Wildman–Crippen MR) is 74.6 cm³/mol. The van der Waals surface area contributed by atoms with Crippen molar-refractivity contribution < 1.29 is 14.6 Å². The van der Waals surface area contributed by atoms with Crippen molar-refractivity contribution in [1.82, 2.24) is 0 Å². The van der Waals surface area contributed by atoms with Crippen molar-refractivity contribution in [3.63, 3.8) is 0 Å². The summed E-state index contributed by atoms with van der Waals surface area (Å²) in [7, 11) is -2.59. The van der Waals surface area contributed by atoms with Crippen molar-refractivity contribution in [1.29, 1.82) is 0 Å². The van der Waals surface area contributed by atoms with E-state index in [1.165, 1.54) is 0 Å². The first-order chi connectivity index (χ1) is 9.14. The van der Waals surface area contributed by atoms with Crippen LogP contribution >= 0.6 is 8.03 Å². The van der Waals surface area contributed by atoms with Gasteiger partial charge in [-0.2, -0.15) is 4.89 Å². The maximum atomic E-state index is 11.7. The Morgan fingerprint density at radius 3 is 2.63 bits per heavy atom. The van der Waals surface area contributed by atoms with Gasteiger partial charge in [-0.15, -0.1) is 0 Å². The number of fused-ring (bicyclic) bond motifs is 2. The second kappa shape index (κ2) is 4.82. The third-order valence-electron chi connectivity index (χ3n) is 4.57. The lowest BCUT2D eigenvalue weighted by atomic mass is 9.68. The highest BCUT2D eigenvalue weighted by Crippen LogP contribution is 2.58. The molecule has 2 bridgehead atoms. The Hall–Kier alpha value is -1.02. The molecule has 4 unspecified atom stereocenters. The van der Waals surface area contributed by atoms with E-state index in [1.807, 2.05) is 30.3 Å². The summed E-state index contributed by atoms with van der Waals surface area (Å²) in [4.78, 5) is 9.64. The first kappa shape index (κ1) is 13.0. The molecule has 0 aliphatic heterocycles. The molecule has 4 atom stereocenters. The van der Waals surface area contributed by atoms with Crippen LogP contribution in [0.5, 0.6) is 0 Å². The highest BCUT2D eigenvalue weighted by molar-refractivity contribution is 7.39. The molecule has 3 nitrogen and oxygen atoms in total. The fraction of sp³-hybridized carbons (Fsp3) is 0.467. The molecule has 1 aromatic rings. The molecular weight excluding hydrogens is 259 g/mol. The van der Waals surface area contributed by atoms with E-state index >= 15 is 0 Å². The van der Waals surface area contributed by atoms with E-state index in [0.29, 0.717) is 6.42 Å². The quantitative estimate of drug-likeness (QED) is 0.815. The molecule has 0 heterocycles. The van der Waals surface area contributed by atoms with Gasteiger partial charge >= 0.3 is 13.4 Å². The number of benzene rings is 1. The molecule has 0 amide bonds. The SMILES string of the molecule is O=[P+](O)C1(O)C2CC=C(c3ccccc3)C1CCC2. The lowest BCUT2D eigenvalue weighted by molar-refractivity contribution is -0.0121. The van der Waals surface area contributed by atoms with E-state index in [9.17, 15) is 14.6 Å². The van der Waals surface area contributed by atoms with E-state index in [-0.39, 0.29) is 11.8 Å². The summed E-state index contributed by atoms with van der Waals surface area (Å²) < 4.78 is 11.7. The van der Waals surface area contributed by atoms with E-state index in [1.54, 1.807) is 0 Å². The smallest absolute Gasteiger partial charge is 0.346 e. The van der Waals surface area contributed by atoms with Crippen LogP contribution in [-0.2, 0) is 4.57 Å². The Morgan fingerprint density at radius 2 is 1.95 bits per heavy atom. The summed E-state index contributed by atoms with van der Waals surface area (Å²) >= 11 is 0. The van der Waals surface area contributed by atoms with Crippen molar-refractivity contribution >= 4 is 13.6 Å². The summed E-state index contributed by atoms with van der Waals surface area (Å²) in [6.45, 7) is 0. The highest BCUT2D eigenvalue weighted by atomic mass is 31.1. The van der Waals surface area contributed by atoms with Crippen molar-refractivity contribution in [3.05, 3.63) is 42.0 Å². The van der Waals surface area contributed by atoms with Crippen molar-refractivity contribution in [3.8, 4) is 0 Å². The molecule has 0 spiro atoms. The zero-order valence-corrected chi connectivity index (χ0v) is 11.6. The van der Waals surface area contributed by atoms with Crippen LogP contribution in [0.2, 0.25) is 0 Å². The van der Waals surface area contributed by atoms with Crippen molar-refractivity contribution in [2.24, 2.45) is 11.8 Å². The maximum Gasteiger partial charge on any atom is 0.541 e. The zero-order chi connectivity index (χ0) is 13.5. The summed E-state index contributed by atoms with van der Waals surface area (Å²) in [6.07, 6.45) is 5.49. The third kappa shape index (κ3) is 1.97. The monoisotopic (exact) mass is 277 g/mol. The van der Waals surface area contributed by atoms with Gasteiger partial charge in [-0.3, -0.25) is 0 Å². The maximum absolute atomic E-state index is 11.7. The molecule has 2 aliphatic carbocycles. The van der Waals surface area contributed by atoms with Gasteiger partial charge in [0, 0.05) is 5.92 Å². The predicted octanol–water partition coefficient (Wildman–Crippen LogP) is 3.31. The molecule has 1 aromatic carbocycles. The summed E-state index contributed by atoms with van der Waals surface area (Å²) in [5, 5.41) is 9.35. The fourth-order valence-corrected chi connectivity index (χ4v) is 4.69. The standard InChI is InChI=1S/C15H17O3P/c16-15(19(17)18)12-7-4-8-14(15)13(10-9-12)11-5-2-1-3-6-11/h1-3,5-6,10,12,14,16H,4,7-9H2/p+1. The second-order valence-electron chi connectivity index (χ2n) is 5.50. The van der Waals surface area contributed by atoms with Crippen LogP contribution < -0.4 is 0 Å². The van der Waals surface area contributed by atoms with E-state index in [2.05, 4.69) is 6.08 Å².